The van der Waals surface area contributed by atoms with Crippen molar-refractivity contribution in [2.45, 2.75) is 46.1 Å². The molecule has 0 spiro atoms. The third-order valence-corrected chi connectivity index (χ3v) is 4.49. The molecule has 1 fully saturated rings. The van der Waals surface area contributed by atoms with E-state index < -0.39 is 5.54 Å². The molecule has 3 heterocycles. The first-order chi connectivity index (χ1) is 10.9. The molecule has 6 nitrogen and oxygen atoms in total. The van der Waals surface area contributed by atoms with E-state index in [9.17, 15) is 4.79 Å². The van der Waals surface area contributed by atoms with Crippen molar-refractivity contribution in [1.82, 2.24) is 24.8 Å². The summed E-state index contributed by atoms with van der Waals surface area (Å²) >= 11 is 0. The Labute approximate surface area is 136 Å². The molecule has 2 aromatic rings. The van der Waals surface area contributed by atoms with E-state index in [-0.39, 0.29) is 5.91 Å². The van der Waals surface area contributed by atoms with Crippen LogP contribution >= 0.6 is 0 Å². The van der Waals surface area contributed by atoms with Gasteiger partial charge in [0.15, 0.2) is 5.82 Å². The first kappa shape index (κ1) is 15.5. The quantitative estimate of drug-likeness (QED) is 0.851. The van der Waals surface area contributed by atoms with Crippen molar-refractivity contribution in [3.05, 3.63) is 47.1 Å². The summed E-state index contributed by atoms with van der Waals surface area (Å²) in [6, 6.07) is 1.95. The van der Waals surface area contributed by atoms with E-state index >= 15 is 0 Å². The SMILES string of the molecule is Cc1cc(C)nc([C@@]2(C)CCCN2C(=O)c2cncnc2C)n1. The highest BCUT2D eigenvalue weighted by Crippen LogP contribution is 2.38. The minimum Gasteiger partial charge on any atom is -0.326 e. The van der Waals surface area contributed by atoms with Gasteiger partial charge in [0.25, 0.3) is 5.91 Å². The topological polar surface area (TPSA) is 71.9 Å². The monoisotopic (exact) mass is 311 g/mol. The molecule has 6 heteroatoms. The van der Waals surface area contributed by atoms with Crippen molar-refractivity contribution < 1.29 is 4.79 Å². The second-order valence-electron chi connectivity index (χ2n) is 6.33. The summed E-state index contributed by atoms with van der Waals surface area (Å²) < 4.78 is 0. The van der Waals surface area contributed by atoms with Crippen LogP contribution in [0.4, 0.5) is 0 Å². The molecule has 0 N–H and O–H groups in total. The Morgan fingerprint density at radius 1 is 1.22 bits per heavy atom. The van der Waals surface area contributed by atoms with Gasteiger partial charge in [0.05, 0.1) is 11.3 Å². The van der Waals surface area contributed by atoms with Crippen molar-refractivity contribution in [1.29, 1.82) is 0 Å². The van der Waals surface area contributed by atoms with Crippen LogP contribution in [0.2, 0.25) is 0 Å². The van der Waals surface area contributed by atoms with Gasteiger partial charge >= 0.3 is 0 Å². The Bertz CT molecular complexity index is 740. The maximum Gasteiger partial charge on any atom is 0.258 e. The average Bonchev–Trinajstić information content (AvgIpc) is 2.89. The molecule has 0 aromatic carbocycles. The number of carbonyl (C=O) groups excluding carboxylic acids is 1. The van der Waals surface area contributed by atoms with Crippen LogP contribution in [-0.4, -0.2) is 37.3 Å². The molecular formula is C17H21N5O. The predicted molar refractivity (Wildman–Crippen MR) is 85.9 cm³/mol. The molecule has 1 saturated heterocycles. The van der Waals surface area contributed by atoms with E-state index in [1.54, 1.807) is 6.20 Å². The summed E-state index contributed by atoms with van der Waals surface area (Å²) in [6.07, 6.45) is 4.84. The van der Waals surface area contributed by atoms with E-state index in [1.807, 2.05) is 38.7 Å². The highest BCUT2D eigenvalue weighted by Gasteiger charge is 2.44. The first-order valence-corrected chi connectivity index (χ1v) is 7.83. The number of rotatable bonds is 2. The van der Waals surface area contributed by atoms with E-state index in [0.717, 1.165) is 30.1 Å². The number of aryl methyl sites for hydroxylation is 3. The van der Waals surface area contributed by atoms with Gasteiger partial charge in [-0.3, -0.25) is 4.79 Å². The minimum absolute atomic E-state index is 0.0501. The van der Waals surface area contributed by atoms with Crippen LogP contribution in [0.3, 0.4) is 0 Å². The second kappa shape index (κ2) is 5.68. The Balaban J connectivity index is 2.02. The molecule has 0 aliphatic carbocycles. The fraction of sp³-hybridized carbons (Fsp3) is 0.471. The molecule has 23 heavy (non-hydrogen) atoms. The molecular weight excluding hydrogens is 290 g/mol. The number of nitrogens with zero attached hydrogens (tertiary/aromatic N) is 5. The molecule has 0 radical (unpaired) electrons. The zero-order valence-corrected chi connectivity index (χ0v) is 14.0. The molecule has 0 unspecified atom stereocenters. The van der Waals surface area contributed by atoms with Crippen molar-refractivity contribution >= 4 is 5.91 Å². The lowest BCUT2D eigenvalue weighted by Crippen LogP contribution is -2.44. The maximum atomic E-state index is 13.0. The number of carbonyl (C=O) groups is 1. The number of aromatic nitrogens is 4. The fourth-order valence-electron chi connectivity index (χ4n) is 3.23. The molecule has 1 aliphatic rings. The summed E-state index contributed by atoms with van der Waals surface area (Å²) in [4.78, 5) is 32.2. The number of hydrogen-bond donors (Lipinski definition) is 0. The lowest BCUT2D eigenvalue weighted by Gasteiger charge is -2.34. The molecule has 1 atom stereocenters. The first-order valence-electron chi connectivity index (χ1n) is 7.83. The van der Waals surface area contributed by atoms with Gasteiger partial charge in [0, 0.05) is 24.1 Å². The molecule has 2 aromatic heterocycles. The molecule has 1 aliphatic heterocycles. The normalized spacial score (nSPS) is 20.8. The van der Waals surface area contributed by atoms with Crippen molar-refractivity contribution in [3.63, 3.8) is 0 Å². The third kappa shape index (κ3) is 2.69. The number of hydrogen-bond acceptors (Lipinski definition) is 5. The van der Waals surface area contributed by atoms with Crippen molar-refractivity contribution in [2.24, 2.45) is 0 Å². The van der Waals surface area contributed by atoms with Crippen LogP contribution in [-0.2, 0) is 5.54 Å². The molecule has 0 saturated carbocycles. The summed E-state index contributed by atoms with van der Waals surface area (Å²) in [5.41, 5.74) is 2.60. The second-order valence-corrected chi connectivity index (χ2v) is 6.33. The average molecular weight is 311 g/mol. The van der Waals surface area contributed by atoms with Gasteiger partial charge in [-0.2, -0.15) is 0 Å². The molecule has 0 bridgehead atoms. The molecule has 120 valence electrons. The molecule has 3 rings (SSSR count). The van der Waals surface area contributed by atoms with Crippen LogP contribution in [0.5, 0.6) is 0 Å². The predicted octanol–water partition coefficient (Wildman–Crippen LogP) is 2.34. The largest absolute Gasteiger partial charge is 0.326 e. The van der Waals surface area contributed by atoms with Crippen molar-refractivity contribution in [3.8, 4) is 0 Å². The minimum atomic E-state index is -0.490. The lowest BCUT2D eigenvalue weighted by atomic mass is 9.96. The number of amides is 1. The Morgan fingerprint density at radius 2 is 1.91 bits per heavy atom. The van der Waals surface area contributed by atoms with Crippen LogP contribution in [0.15, 0.2) is 18.6 Å². The Kier molecular flexibility index (Phi) is 3.83. The zero-order valence-electron chi connectivity index (χ0n) is 14.0. The number of likely N-dealkylation sites (tertiary alicyclic amines) is 1. The standard InChI is InChI=1S/C17H21N5O/c1-11-8-12(2)21-16(20-11)17(4)6-5-7-22(17)15(23)14-9-18-10-19-13(14)3/h8-10H,5-7H2,1-4H3/t17-/m1/s1. The van der Waals surface area contributed by atoms with Crippen molar-refractivity contribution in [2.75, 3.05) is 6.54 Å². The van der Waals surface area contributed by atoms with Gasteiger partial charge in [-0.05, 0) is 46.6 Å². The van der Waals surface area contributed by atoms with E-state index in [1.165, 1.54) is 6.33 Å². The van der Waals surface area contributed by atoms with E-state index in [0.29, 0.717) is 17.8 Å². The Hall–Kier alpha value is -2.37. The van der Waals surface area contributed by atoms with Gasteiger partial charge < -0.3 is 4.90 Å². The van der Waals surface area contributed by atoms with E-state index in [4.69, 9.17) is 0 Å². The smallest absolute Gasteiger partial charge is 0.258 e. The summed E-state index contributed by atoms with van der Waals surface area (Å²) in [5.74, 6) is 0.668. The van der Waals surface area contributed by atoms with Gasteiger partial charge in [-0.25, -0.2) is 19.9 Å². The van der Waals surface area contributed by atoms with Gasteiger partial charge in [-0.1, -0.05) is 0 Å². The van der Waals surface area contributed by atoms with Crippen LogP contribution < -0.4 is 0 Å². The zero-order chi connectivity index (χ0) is 16.6. The fourth-order valence-corrected chi connectivity index (χ4v) is 3.23. The van der Waals surface area contributed by atoms with Crippen LogP contribution in [0.1, 0.15) is 53.0 Å². The highest BCUT2D eigenvalue weighted by atomic mass is 16.2. The summed E-state index contributed by atoms with van der Waals surface area (Å²) in [5, 5.41) is 0. The Morgan fingerprint density at radius 3 is 2.57 bits per heavy atom. The third-order valence-electron chi connectivity index (χ3n) is 4.49. The van der Waals surface area contributed by atoms with Gasteiger partial charge in [0.1, 0.15) is 11.9 Å². The lowest BCUT2D eigenvalue weighted by molar-refractivity contribution is 0.0601. The molecule has 1 amide bonds. The summed E-state index contributed by atoms with van der Waals surface area (Å²) in [7, 11) is 0. The van der Waals surface area contributed by atoms with Crippen LogP contribution in [0.25, 0.3) is 0 Å². The van der Waals surface area contributed by atoms with Gasteiger partial charge in [0.2, 0.25) is 0 Å². The summed E-state index contributed by atoms with van der Waals surface area (Å²) in [6.45, 7) is 8.48. The highest BCUT2D eigenvalue weighted by molar-refractivity contribution is 5.95. The van der Waals surface area contributed by atoms with Gasteiger partial charge in [-0.15, -0.1) is 0 Å². The van der Waals surface area contributed by atoms with Crippen LogP contribution in [0, 0.1) is 20.8 Å². The van der Waals surface area contributed by atoms with E-state index in [2.05, 4.69) is 19.9 Å². The maximum absolute atomic E-state index is 13.0.